The number of nitrogens with zero attached hydrogens (tertiary/aromatic N) is 1. The molecular weight excluding hydrogens is 134 g/mol. The van der Waals surface area contributed by atoms with Crippen molar-refractivity contribution in [2.24, 2.45) is 5.92 Å². The fourth-order valence-corrected chi connectivity index (χ4v) is 1.69. The van der Waals surface area contributed by atoms with Crippen molar-refractivity contribution >= 4 is 0 Å². The predicted molar refractivity (Wildman–Crippen MR) is 49.4 cm³/mol. The third-order valence-corrected chi connectivity index (χ3v) is 2.46. The van der Waals surface area contributed by atoms with Gasteiger partial charge in [0.15, 0.2) is 0 Å². The maximum Gasteiger partial charge on any atom is 0.0230 e. The minimum absolute atomic E-state index is 0.630. The highest BCUT2D eigenvalue weighted by Gasteiger charge is 2.19. The van der Waals surface area contributed by atoms with Gasteiger partial charge in [-0.25, -0.2) is 0 Å². The molecule has 0 radical (unpaired) electrons. The Morgan fingerprint density at radius 3 is 2.64 bits per heavy atom. The van der Waals surface area contributed by atoms with Gasteiger partial charge in [0.05, 0.1) is 0 Å². The van der Waals surface area contributed by atoms with Gasteiger partial charge in [-0.1, -0.05) is 13.5 Å². The molecule has 64 valence electrons. The second-order valence-corrected chi connectivity index (χ2v) is 3.96. The first-order chi connectivity index (χ1) is 5.11. The molecule has 0 amide bonds. The summed E-state index contributed by atoms with van der Waals surface area (Å²) < 4.78 is 0. The molecule has 0 aliphatic carbocycles. The van der Waals surface area contributed by atoms with Crippen molar-refractivity contribution < 1.29 is 0 Å². The highest BCUT2D eigenvalue weighted by atomic mass is 15.2. The Balaban J connectivity index is 2.54. The molecule has 1 fully saturated rings. The average Bonchev–Trinajstić information content (AvgIpc) is 1.94. The van der Waals surface area contributed by atoms with Crippen LogP contribution in [0, 0.1) is 5.92 Å². The van der Waals surface area contributed by atoms with Gasteiger partial charge in [0.2, 0.25) is 0 Å². The van der Waals surface area contributed by atoms with Gasteiger partial charge >= 0.3 is 0 Å². The molecule has 1 nitrogen and oxygen atoms in total. The van der Waals surface area contributed by atoms with Crippen molar-refractivity contribution in [1.29, 1.82) is 0 Å². The SMILES string of the molecule is C=C1CCC(C)CN1C(C)C. The number of rotatable bonds is 1. The van der Waals surface area contributed by atoms with E-state index in [9.17, 15) is 0 Å². The Labute approximate surface area is 70.1 Å². The minimum Gasteiger partial charge on any atom is -0.373 e. The van der Waals surface area contributed by atoms with Gasteiger partial charge in [0.1, 0.15) is 0 Å². The number of allylic oxidation sites excluding steroid dienone is 1. The molecule has 1 unspecified atom stereocenters. The van der Waals surface area contributed by atoms with E-state index in [-0.39, 0.29) is 0 Å². The maximum absolute atomic E-state index is 4.08. The van der Waals surface area contributed by atoms with Crippen molar-refractivity contribution in [2.75, 3.05) is 6.54 Å². The van der Waals surface area contributed by atoms with Crippen LogP contribution in [-0.4, -0.2) is 17.5 Å². The molecule has 0 aromatic rings. The molecule has 0 aromatic carbocycles. The number of hydrogen-bond donors (Lipinski definition) is 0. The predicted octanol–water partition coefficient (Wildman–Crippen LogP) is 2.64. The summed E-state index contributed by atoms with van der Waals surface area (Å²) in [6, 6.07) is 0.630. The van der Waals surface area contributed by atoms with Crippen LogP contribution in [0.25, 0.3) is 0 Å². The second kappa shape index (κ2) is 3.29. The van der Waals surface area contributed by atoms with Crippen LogP contribution >= 0.6 is 0 Å². The van der Waals surface area contributed by atoms with Crippen molar-refractivity contribution in [3.05, 3.63) is 12.3 Å². The van der Waals surface area contributed by atoms with Crippen LogP contribution in [-0.2, 0) is 0 Å². The van der Waals surface area contributed by atoms with Crippen LogP contribution in [0.4, 0.5) is 0 Å². The summed E-state index contributed by atoms with van der Waals surface area (Å²) in [5.74, 6) is 0.850. The average molecular weight is 153 g/mol. The lowest BCUT2D eigenvalue weighted by atomic mass is 9.97. The number of hydrogen-bond acceptors (Lipinski definition) is 1. The zero-order valence-corrected chi connectivity index (χ0v) is 7.93. The number of piperidine rings is 1. The molecule has 1 atom stereocenters. The summed E-state index contributed by atoms with van der Waals surface area (Å²) >= 11 is 0. The smallest absolute Gasteiger partial charge is 0.0230 e. The summed E-state index contributed by atoms with van der Waals surface area (Å²) in [7, 11) is 0. The first kappa shape index (κ1) is 8.63. The molecule has 0 saturated carbocycles. The molecule has 0 spiro atoms. The van der Waals surface area contributed by atoms with E-state index < -0.39 is 0 Å². The molecule has 1 aliphatic rings. The quantitative estimate of drug-likeness (QED) is 0.560. The van der Waals surface area contributed by atoms with Gasteiger partial charge in [-0.05, 0) is 32.6 Å². The van der Waals surface area contributed by atoms with E-state index in [1.54, 1.807) is 0 Å². The fourth-order valence-electron chi connectivity index (χ4n) is 1.69. The molecule has 0 N–H and O–H groups in total. The monoisotopic (exact) mass is 153 g/mol. The van der Waals surface area contributed by atoms with E-state index in [0.717, 1.165) is 5.92 Å². The van der Waals surface area contributed by atoms with E-state index in [1.165, 1.54) is 25.1 Å². The van der Waals surface area contributed by atoms with Crippen molar-refractivity contribution in [3.63, 3.8) is 0 Å². The van der Waals surface area contributed by atoms with Gasteiger partial charge in [-0.2, -0.15) is 0 Å². The zero-order valence-electron chi connectivity index (χ0n) is 7.93. The third kappa shape index (κ3) is 1.98. The van der Waals surface area contributed by atoms with Crippen molar-refractivity contribution in [2.45, 2.75) is 39.7 Å². The minimum atomic E-state index is 0.630. The topological polar surface area (TPSA) is 3.24 Å². The molecule has 1 rings (SSSR count). The van der Waals surface area contributed by atoms with Gasteiger partial charge < -0.3 is 4.90 Å². The second-order valence-electron chi connectivity index (χ2n) is 3.96. The summed E-state index contributed by atoms with van der Waals surface area (Å²) in [4.78, 5) is 2.42. The lowest BCUT2D eigenvalue weighted by Crippen LogP contribution is -2.37. The first-order valence-electron chi connectivity index (χ1n) is 4.55. The fraction of sp³-hybridized carbons (Fsp3) is 0.800. The lowest BCUT2D eigenvalue weighted by Gasteiger charge is -2.37. The van der Waals surface area contributed by atoms with Gasteiger partial charge in [-0.15, -0.1) is 0 Å². The molecule has 0 aromatic heterocycles. The molecule has 0 bridgehead atoms. The molecule has 1 heterocycles. The van der Waals surface area contributed by atoms with E-state index in [2.05, 4.69) is 32.3 Å². The Morgan fingerprint density at radius 2 is 2.18 bits per heavy atom. The maximum atomic E-state index is 4.08. The Hall–Kier alpha value is -0.460. The molecule has 11 heavy (non-hydrogen) atoms. The van der Waals surface area contributed by atoms with Crippen LogP contribution in [0.3, 0.4) is 0 Å². The lowest BCUT2D eigenvalue weighted by molar-refractivity contribution is 0.199. The molecule has 1 aliphatic heterocycles. The van der Waals surface area contributed by atoms with Gasteiger partial charge in [0, 0.05) is 18.3 Å². The van der Waals surface area contributed by atoms with Crippen LogP contribution in [0.2, 0.25) is 0 Å². The largest absolute Gasteiger partial charge is 0.373 e. The molecule has 1 saturated heterocycles. The highest BCUT2D eigenvalue weighted by Crippen LogP contribution is 2.24. The van der Waals surface area contributed by atoms with Gasteiger partial charge in [0.25, 0.3) is 0 Å². The summed E-state index contributed by atoms with van der Waals surface area (Å²) in [5, 5.41) is 0. The number of likely N-dealkylation sites (tertiary alicyclic amines) is 1. The van der Waals surface area contributed by atoms with Crippen molar-refractivity contribution in [1.82, 2.24) is 4.90 Å². The highest BCUT2D eigenvalue weighted by molar-refractivity contribution is 4.99. The Bertz CT molecular complexity index is 149. The Kier molecular flexibility index (Phi) is 2.58. The van der Waals surface area contributed by atoms with E-state index >= 15 is 0 Å². The Morgan fingerprint density at radius 1 is 1.55 bits per heavy atom. The summed E-state index contributed by atoms with van der Waals surface area (Å²) in [6.07, 6.45) is 2.52. The molecular formula is C10H19N. The van der Waals surface area contributed by atoms with Crippen LogP contribution in [0.15, 0.2) is 12.3 Å². The summed E-state index contributed by atoms with van der Waals surface area (Å²) in [5.41, 5.74) is 1.33. The van der Waals surface area contributed by atoms with E-state index in [4.69, 9.17) is 0 Å². The standard InChI is InChI=1S/C10H19N/c1-8(2)11-7-9(3)5-6-10(11)4/h8-9H,4-7H2,1-3H3. The third-order valence-electron chi connectivity index (χ3n) is 2.46. The normalized spacial score (nSPS) is 26.4. The zero-order chi connectivity index (χ0) is 8.43. The van der Waals surface area contributed by atoms with Crippen LogP contribution < -0.4 is 0 Å². The van der Waals surface area contributed by atoms with Gasteiger partial charge in [-0.3, -0.25) is 0 Å². The van der Waals surface area contributed by atoms with Crippen LogP contribution in [0.5, 0.6) is 0 Å². The van der Waals surface area contributed by atoms with E-state index in [0.29, 0.717) is 6.04 Å². The first-order valence-corrected chi connectivity index (χ1v) is 4.55. The molecule has 1 heteroatoms. The summed E-state index contributed by atoms with van der Waals surface area (Å²) in [6.45, 7) is 12.1. The van der Waals surface area contributed by atoms with Crippen molar-refractivity contribution in [3.8, 4) is 0 Å². The van der Waals surface area contributed by atoms with E-state index in [1.807, 2.05) is 0 Å². The van der Waals surface area contributed by atoms with Crippen LogP contribution in [0.1, 0.15) is 33.6 Å².